The van der Waals surface area contributed by atoms with E-state index >= 15 is 0 Å². The van der Waals surface area contributed by atoms with Gasteiger partial charge < -0.3 is 10.1 Å². The number of rotatable bonds is 4. The van der Waals surface area contributed by atoms with Gasteiger partial charge in [0.25, 0.3) is 0 Å². The number of nitrogens with one attached hydrogen (secondary N) is 1. The van der Waals surface area contributed by atoms with Crippen LogP contribution in [0.1, 0.15) is 30.9 Å². The number of benzene rings is 1. The number of ether oxygens (including phenoxy) is 1. The van der Waals surface area contributed by atoms with Crippen molar-refractivity contribution in [2.24, 2.45) is 0 Å². The van der Waals surface area contributed by atoms with Gasteiger partial charge in [0.15, 0.2) is 0 Å². The fourth-order valence-corrected chi connectivity index (χ4v) is 2.73. The Hall–Kier alpha value is -0.640. The molecular weight excluding hydrogens is 241 g/mol. The summed E-state index contributed by atoms with van der Waals surface area (Å²) in [5.74, 6) is -0.278. The molecule has 1 saturated carbocycles. The fraction of sp³-hybridized carbons (Fsp3) is 0.538. The summed E-state index contributed by atoms with van der Waals surface area (Å²) in [6, 6.07) is 4.67. The van der Waals surface area contributed by atoms with Crippen molar-refractivity contribution >= 4 is 11.6 Å². The molecule has 1 aromatic carbocycles. The van der Waals surface area contributed by atoms with Crippen molar-refractivity contribution in [3.05, 3.63) is 34.6 Å². The Balaban J connectivity index is 2.35. The summed E-state index contributed by atoms with van der Waals surface area (Å²) in [5.41, 5.74) is 0.349. The van der Waals surface area contributed by atoms with Crippen molar-refractivity contribution in [3.8, 4) is 0 Å². The van der Waals surface area contributed by atoms with Crippen LogP contribution >= 0.6 is 11.6 Å². The van der Waals surface area contributed by atoms with Gasteiger partial charge in [-0.25, -0.2) is 4.39 Å². The molecule has 94 valence electrons. The van der Waals surface area contributed by atoms with E-state index in [1.165, 1.54) is 6.07 Å². The predicted molar refractivity (Wildman–Crippen MR) is 66.8 cm³/mol. The van der Waals surface area contributed by atoms with Crippen LogP contribution in [-0.4, -0.2) is 19.8 Å². The van der Waals surface area contributed by atoms with Gasteiger partial charge in [-0.05, 0) is 38.4 Å². The van der Waals surface area contributed by atoms with Gasteiger partial charge in [-0.1, -0.05) is 17.7 Å². The van der Waals surface area contributed by atoms with E-state index in [0.29, 0.717) is 10.6 Å². The van der Waals surface area contributed by atoms with Gasteiger partial charge >= 0.3 is 0 Å². The Morgan fingerprint density at radius 1 is 1.47 bits per heavy atom. The van der Waals surface area contributed by atoms with Crippen LogP contribution < -0.4 is 5.32 Å². The normalized spacial score (nSPS) is 19.8. The molecule has 4 heteroatoms. The van der Waals surface area contributed by atoms with Gasteiger partial charge in [-0.15, -0.1) is 0 Å². The zero-order chi connectivity index (χ0) is 12.5. The van der Waals surface area contributed by atoms with Crippen molar-refractivity contribution in [2.75, 3.05) is 14.2 Å². The summed E-state index contributed by atoms with van der Waals surface area (Å²) < 4.78 is 19.5. The molecule has 1 aliphatic rings. The SMILES string of the molecule is CNC(c1ccc(Cl)cc1F)C1(OC)CCC1. The van der Waals surface area contributed by atoms with Gasteiger partial charge in [0.05, 0.1) is 11.6 Å². The van der Waals surface area contributed by atoms with Crippen LogP contribution in [0.3, 0.4) is 0 Å². The van der Waals surface area contributed by atoms with Crippen molar-refractivity contribution < 1.29 is 9.13 Å². The van der Waals surface area contributed by atoms with E-state index in [-0.39, 0.29) is 17.5 Å². The average Bonchev–Trinajstić information content (AvgIpc) is 2.24. The largest absolute Gasteiger partial charge is 0.376 e. The van der Waals surface area contributed by atoms with Crippen LogP contribution in [0.2, 0.25) is 5.02 Å². The number of halogens is 2. The second-order valence-corrected chi connectivity index (χ2v) is 4.95. The molecule has 0 aliphatic heterocycles. The maximum absolute atomic E-state index is 13.9. The van der Waals surface area contributed by atoms with Gasteiger partial charge in [-0.3, -0.25) is 0 Å². The second-order valence-electron chi connectivity index (χ2n) is 4.51. The smallest absolute Gasteiger partial charge is 0.129 e. The number of methoxy groups -OCH3 is 1. The number of hydrogen-bond donors (Lipinski definition) is 1. The molecule has 1 N–H and O–H groups in total. The highest BCUT2D eigenvalue weighted by atomic mass is 35.5. The van der Waals surface area contributed by atoms with Crippen LogP contribution in [0.15, 0.2) is 18.2 Å². The molecule has 0 spiro atoms. The van der Waals surface area contributed by atoms with E-state index in [4.69, 9.17) is 16.3 Å². The Morgan fingerprint density at radius 2 is 2.18 bits per heavy atom. The Bertz CT molecular complexity index is 401. The van der Waals surface area contributed by atoms with Crippen LogP contribution in [0.4, 0.5) is 4.39 Å². The summed E-state index contributed by atoms with van der Waals surface area (Å²) in [5, 5.41) is 3.58. The molecule has 0 radical (unpaired) electrons. The van der Waals surface area contributed by atoms with E-state index in [9.17, 15) is 4.39 Å². The molecule has 2 nitrogen and oxygen atoms in total. The van der Waals surface area contributed by atoms with Crippen LogP contribution in [0.25, 0.3) is 0 Å². The lowest BCUT2D eigenvalue weighted by atomic mass is 9.72. The molecule has 0 saturated heterocycles. The second kappa shape index (κ2) is 4.92. The zero-order valence-electron chi connectivity index (χ0n) is 10.1. The molecule has 17 heavy (non-hydrogen) atoms. The first-order chi connectivity index (χ1) is 8.13. The quantitative estimate of drug-likeness (QED) is 0.894. The minimum atomic E-state index is -0.278. The molecule has 1 aliphatic carbocycles. The number of hydrogen-bond acceptors (Lipinski definition) is 2. The van der Waals surface area contributed by atoms with E-state index in [0.717, 1.165) is 19.3 Å². The summed E-state index contributed by atoms with van der Waals surface area (Å²) >= 11 is 5.77. The summed E-state index contributed by atoms with van der Waals surface area (Å²) in [4.78, 5) is 0. The minimum absolute atomic E-state index is 0.126. The van der Waals surface area contributed by atoms with E-state index in [1.807, 2.05) is 7.05 Å². The zero-order valence-corrected chi connectivity index (χ0v) is 10.9. The Kier molecular flexibility index (Phi) is 3.71. The standard InChI is InChI=1S/C13H17ClFNO/c1-16-12(13(17-2)6-3-7-13)10-5-4-9(14)8-11(10)15/h4-5,8,12,16H,3,6-7H2,1-2H3. The topological polar surface area (TPSA) is 21.3 Å². The predicted octanol–water partition coefficient (Wildman–Crippen LogP) is 3.31. The van der Waals surface area contributed by atoms with Gasteiger partial charge in [0, 0.05) is 17.7 Å². The molecule has 1 unspecified atom stereocenters. The summed E-state index contributed by atoms with van der Waals surface area (Å²) in [6.45, 7) is 0. The lowest BCUT2D eigenvalue weighted by Crippen LogP contribution is -2.50. The first-order valence-electron chi connectivity index (χ1n) is 5.80. The van der Waals surface area contributed by atoms with Gasteiger partial charge in [-0.2, -0.15) is 0 Å². The van der Waals surface area contributed by atoms with E-state index in [2.05, 4.69) is 5.32 Å². The fourth-order valence-electron chi connectivity index (χ4n) is 2.57. The molecule has 1 atom stereocenters. The van der Waals surface area contributed by atoms with Gasteiger partial charge in [0.2, 0.25) is 0 Å². The third-order valence-corrected chi connectivity index (χ3v) is 3.93. The van der Waals surface area contributed by atoms with Crippen LogP contribution in [0, 0.1) is 5.82 Å². The maximum atomic E-state index is 13.9. The monoisotopic (exact) mass is 257 g/mol. The first kappa shape index (κ1) is 12.8. The van der Waals surface area contributed by atoms with Crippen molar-refractivity contribution in [1.29, 1.82) is 0 Å². The molecule has 0 bridgehead atoms. The molecule has 1 aromatic rings. The lowest BCUT2D eigenvalue weighted by Gasteiger charge is -2.46. The highest BCUT2D eigenvalue weighted by molar-refractivity contribution is 6.30. The summed E-state index contributed by atoms with van der Waals surface area (Å²) in [6.07, 6.45) is 3.04. The van der Waals surface area contributed by atoms with Crippen molar-refractivity contribution in [1.82, 2.24) is 5.32 Å². The molecule has 2 rings (SSSR count). The number of likely N-dealkylation sites (N-methyl/N-ethyl adjacent to an activating group) is 1. The molecular formula is C13H17ClFNO. The van der Waals surface area contributed by atoms with Crippen molar-refractivity contribution in [2.45, 2.75) is 30.9 Å². The summed E-state index contributed by atoms with van der Waals surface area (Å²) in [7, 11) is 3.52. The van der Waals surface area contributed by atoms with Crippen LogP contribution in [0.5, 0.6) is 0 Å². The molecule has 0 heterocycles. The molecule has 0 amide bonds. The van der Waals surface area contributed by atoms with Gasteiger partial charge in [0.1, 0.15) is 5.82 Å². The highest BCUT2D eigenvalue weighted by Gasteiger charge is 2.45. The average molecular weight is 258 g/mol. The Labute approximate surface area is 106 Å². The molecule has 0 aromatic heterocycles. The molecule has 1 fully saturated rings. The lowest BCUT2D eigenvalue weighted by molar-refractivity contribution is -0.0989. The third-order valence-electron chi connectivity index (χ3n) is 3.69. The van der Waals surface area contributed by atoms with E-state index in [1.54, 1.807) is 19.2 Å². The first-order valence-corrected chi connectivity index (χ1v) is 6.18. The highest BCUT2D eigenvalue weighted by Crippen LogP contribution is 2.45. The maximum Gasteiger partial charge on any atom is 0.129 e. The van der Waals surface area contributed by atoms with E-state index < -0.39 is 0 Å². The third kappa shape index (κ3) is 2.19. The minimum Gasteiger partial charge on any atom is -0.376 e. The van der Waals surface area contributed by atoms with Crippen LogP contribution in [-0.2, 0) is 4.74 Å². The van der Waals surface area contributed by atoms with Crippen molar-refractivity contribution in [3.63, 3.8) is 0 Å². The Morgan fingerprint density at radius 3 is 2.59 bits per heavy atom.